The number of carbonyl (C=O) groups excluding carboxylic acids is 1. The van der Waals surface area contributed by atoms with Crippen LogP contribution in [-0.2, 0) is 11.3 Å². The number of aryl methyl sites for hydroxylation is 2. The minimum absolute atomic E-state index is 0.0897. The molecule has 2 N–H and O–H groups in total. The van der Waals surface area contributed by atoms with Crippen molar-refractivity contribution in [3.8, 4) is 0 Å². The highest BCUT2D eigenvalue weighted by Crippen LogP contribution is 2.15. The molecule has 1 heterocycles. The van der Waals surface area contributed by atoms with Crippen molar-refractivity contribution in [3.05, 3.63) is 41.2 Å². The maximum Gasteiger partial charge on any atom is 0.358 e. The quantitative estimate of drug-likeness (QED) is 0.874. The highest BCUT2D eigenvalue weighted by molar-refractivity contribution is 5.91. The fourth-order valence-electron chi connectivity index (χ4n) is 1.76. The summed E-state index contributed by atoms with van der Waals surface area (Å²) in [5.74, 6) is -1.47. The standard InChI is InChI=1S/C13H14N4O3/c1-8-3-4-10(9(2)5-8)14-12(18)7-17-6-11(13(19)20)15-16-17/h3-6H,7H2,1-2H3,(H,14,18)(H,19,20). The zero-order chi connectivity index (χ0) is 14.7. The van der Waals surface area contributed by atoms with Crippen LogP contribution in [0.15, 0.2) is 24.4 Å². The fraction of sp³-hybridized carbons (Fsp3) is 0.231. The number of hydrogen-bond donors (Lipinski definition) is 2. The highest BCUT2D eigenvalue weighted by Gasteiger charge is 2.11. The highest BCUT2D eigenvalue weighted by atomic mass is 16.4. The van der Waals surface area contributed by atoms with Gasteiger partial charge in [0.1, 0.15) is 6.54 Å². The number of hydrogen-bond acceptors (Lipinski definition) is 4. The summed E-state index contributed by atoms with van der Waals surface area (Å²) in [4.78, 5) is 22.5. The predicted molar refractivity (Wildman–Crippen MR) is 71.5 cm³/mol. The summed E-state index contributed by atoms with van der Waals surface area (Å²) < 4.78 is 1.18. The summed E-state index contributed by atoms with van der Waals surface area (Å²) in [6.45, 7) is 3.79. The normalized spacial score (nSPS) is 10.3. The molecule has 2 aromatic rings. The van der Waals surface area contributed by atoms with Crippen LogP contribution in [0.1, 0.15) is 21.6 Å². The van der Waals surface area contributed by atoms with Crippen molar-refractivity contribution in [3.63, 3.8) is 0 Å². The first-order valence-electron chi connectivity index (χ1n) is 5.96. The number of anilines is 1. The zero-order valence-corrected chi connectivity index (χ0v) is 11.1. The molecule has 0 aliphatic carbocycles. The first kappa shape index (κ1) is 13.7. The van der Waals surface area contributed by atoms with E-state index in [2.05, 4.69) is 15.6 Å². The van der Waals surface area contributed by atoms with Gasteiger partial charge in [0.25, 0.3) is 0 Å². The molecule has 0 radical (unpaired) electrons. The van der Waals surface area contributed by atoms with E-state index in [0.29, 0.717) is 0 Å². The predicted octanol–water partition coefficient (Wildman–Crippen LogP) is 1.23. The van der Waals surface area contributed by atoms with Gasteiger partial charge < -0.3 is 10.4 Å². The van der Waals surface area contributed by atoms with Crippen molar-refractivity contribution < 1.29 is 14.7 Å². The van der Waals surface area contributed by atoms with E-state index in [1.807, 2.05) is 32.0 Å². The van der Waals surface area contributed by atoms with Gasteiger partial charge in [-0.15, -0.1) is 5.10 Å². The molecule has 20 heavy (non-hydrogen) atoms. The van der Waals surface area contributed by atoms with E-state index in [4.69, 9.17) is 5.11 Å². The summed E-state index contributed by atoms with van der Waals surface area (Å²) in [5, 5.41) is 18.5. The second-order valence-corrected chi connectivity index (χ2v) is 4.47. The van der Waals surface area contributed by atoms with Crippen LogP contribution in [-0.4, -0.2) is 32.0 Å². The molecule has 1 aromatic carbocycles. The lowest BCUT2D eigenvalue weighted by Gasteiger charge is -2.08. The fourth-order valence-corrected chi connectivity index (χ4v) is 1.76. The maximum absolute atomic E-state index is 11.9. The topological polar surface area (TPSA) is 97.1 Å². The minimum atomic E-state index is -1.17. The number of carboxylic acids is 1. The van der Waals surface area contributed by atoms with E-state index in [0.717, 1.165) is 16.8 Å². The minimum Gasteiger partial charge on any atom is -0.476 e. The molecule has 0 saturated heterocycles. The van der Waals surface area contributed by atoms with E-state index < -0.39 is 5.97 Å². The van der Waals surface area contributed by atoms with Crippen molar-refractivity contribution >= 4 is 17.6 Å². The van der Waals surface area contributed by atoms with Crippen LogP contribution in [0.25, 0.3) is 0 Å². The molecular weight excluding hydrogens is 260 g/mol. The van der Waals surface area contributed by atoms with Gasteiger partial charge in [0, 0.05) is 5.69 Å². The molecular formula is C13H14N4O3. The Kier molecular flexibility index (Phi) is 3.79. The molecule has 7 heteroatoms. The SMILES string of the molecule is Cc1ccc(NC(=O)Cn2cc(C(=O)O)nn2)c(C)c1. The number of aromatic nitrogens is 3. The van der Waals surface area contributed by atoms with Gasteiger partial charge in [0.05, 0.1) is 6.20 Å². The van der Waals surface area contributed by atoms with Crippen LogP contribution in [0.3, 0.4) is 0 Å². The van der Waals surface area contributed by atoms with E-state index >= 15 is 0 Å². The Morgan fingerprint density at radius 3 is 2.70 bits per heavy atom. The Balaban J connectivity index is 2.03. The van der Waals surface area contributed by atoms with Gasteiger partial charge >= 0.3 is 5.97 Å². The number of benzene rings is 1. The van der Waals surface area contributed by atoms with Crippen molar-refractivity contribution in [1.82, 2.24) is 15.0 Å². The second kappa shape index (κ2) is 5.52. The molecule has 0 saturated carbocycles. The van der Waals surface area contributed by atoms with Crippen LogP contribution in [0, 0.1) is 13.8 Å². The maximum atomic E-state index is 11.9. The Morgan fingerprint density at radius 1 is 1.35 bits per heavy atom. The van der Waals surface area contributed by atoms with Crippen molar-refractivity contribution in [2.24, 2.45) is 0 Å². The molecule has 0 spiro atoms. The molecule has 1 aromatic heterocycles. The lowest BCUT2D eigenvalue weighted by atomic mass is 10.1. The summed E-state index contributed by atoms with van der Waals surface area (Å²) in [6, 6.07) is 5.70. The molecule has 2 rings (SSSR count). The van der Waals surface area contributed by atoms with Gasteiger partial charge in [-0.2, -0.15) is 0 Å². The van der Waals surface area contributed by atoms with Gasteiger partial charge in [-0.25, -0.2) is 9.48 Å². The average Bonchev–Trinajstić information content (AvgIpc) is 2.81. The third kappa shape index (κ3) is 3.19. The average molecular weight is 274 g/mol. The molecule has 7 nitrogen and oxygen atoms in total. The summed E-state index contributed by atoms with van der Waals surface area (Å²) in [7, 11) is 0. The van der Waals surface area contributed by atoms with Gasteiger partial charge in [-0.05, 0) is 25.5 Å². The van der Waals surface area contributed by atoms with Gasteiger partial charge in [-0.1, -0.05) is 22.9 Å². The Labute approximate surface area is 115 Å². The third-order valence-electron chi connectivity index (χ3n) is 2.72. The largest absolute Gasteiger partial charge is 0.476 e. The Morgan fingerprint density at radius 2 is 2.10 bits per heavy atom. The van der Waals surface area contributed by atoms with E-state index in [1.165, 1.54) is 10.9 Å². The third-order valence-corrected chi connectivity index (χ3v) is 2.72. The number of carbonyl (C=O) groups is 2. The van der Waals surface area contributed by atoms with Gasteiger partial charge in [0.15, 0.2) is 5.69 Å². The van der Waals surface area contributed by atoms with Crippen molar-refractivity contribution in [1.29, 1.82) is 0 Å². The van der Waals surface area contributed by atoms with Crippen LogP contribution in [0.4, 0.5) is 5.69 Å². The lowest BCUT2D eigenvalue weighted by Crippen LogP contribution is -2.19. The van der Waals surface area contributed by atoms with E-state index in [1.54, 1.807) is 0 Å². The van der Waals surface area contributed by atoms with Gasteiger partial charge in [0.2, 0.25) is 5.91 Å². The number of nitrogens with one attached hydrogen (secondary N) is 1. The Bertz CT molecular complexity index is 663. The molecule has 0 bridgehead atoms. The van der Waals surface area contributed by atoms with E-state index in [-0.39, 0.29) is 18.1 Å². The number of carboxylic acid groups (broad SMARTS) is 1. The summed E-state index contributed by atoms with van der Waals surface area (Å²) >= 11 is 0. The number of rotatable bonds is 4. The number of nitrogens with zero attached hydrogens (tertiary/aromatic N) is 3. The van der Waals surface area contributed by atoms with Crippen LogP contribution in [0.5, 0.6) is 0 Å². The molecule has 1 amide bonds. The van der Waals surface area contributed by atoms with Crippen molar-refractivity contribution in [2.75, 3.05) is 5.32 Å². The number of aromatic carboxylic acids is 1. The van der Waals surface area contributed by atoms with Crippen LogP contribution in [0.2, 0.25) is 0 Å². The van der Waals surface area contributed by atoms with Gasteiger partial charge in [-0.3, -0.25) is 4.79 Å². The van der Waals surface area contributed by atoms with Crippen molar-refractivity contribution in [2.45, 2.75) is 20.4 Å². The molecule has 0 unspecified atom stereocenters. The molecule has 0 atom stereocenters. The zero-order valence-electron chi connectivity index (χ0n) is 11.1. The molecule has 0 fully saturated rings. The lowest BCUT2D eigenvalue weighted by molar-refractivity contribution is -0.116. The second-order valence-electron chi connectivity index (χ2n) is 4.47. The summed E-state index contributed by atoms with van der Waals surface area (Å²) in [6.07, 6.45) is 1.21. The first-order valence-corrected chi connectivity index (χ1v) is 5.96. The first-order chi connectivity index (χ1) is 9.45. The molecule has 104 valence electrons. The monoisotopic (exact) mass is 274 g/mol. The molecule has 0 aliphatic heterocycles. The summed E-state index contributed by atoms with van der Waals surface area (Å²) in [5.41, 5.74) is 2.61. The van der Waals surface area contributed by atoms with Crippen LogP contribution >= 0.6 is 0 Å². The van der Waals surface area contributed by atoms with E-state index in [9.17, 15) is 9.59 Å². The van der Waals surface area contributed by atoms with Crippen LogP contribution < -0.4 is 5.32 Å². The number of amides is 1. The Hall–Kier alpha value is -2.70. The smallest absolute Gasteiger partial charge is 0.358 e. The molecule has 0 aliphatic rings.